The zero-order valence-corrected chi connectivity index (χ0v) is 15.9. The lowest BCUT2D eigenvalue weighted by Gasteiger charge is -2.24. The third kappa shape index (κ3) is 5.33. The van der Waals surface area contributed by atoms with Gasteiger partial charge in [0.2, 0.25) is 5.91 Å². The fourth-order valence-corrected chi connectivity index (χ4v) is 3.25. The van der Waals surface area contributed by atoms with Crippen LogP contribution in [0.2, 0.25) is 0 Å². The van der Waals surface area contributed by atoms with Gasteiger partial charge in [-0.3, -0.25) is 4.79 Å². The Hall–Kier alpha value is -2.86. The predicted molar refractivity (Wildman–Crippen MR) is 106 cm³/mol. The van der Waals surface area contributed by atoms with E-state index in [0.717, 1.165) is 37.4 Å². The third-order valence-corrected chi connectivity index (χ3v) is 4.79. The van der Waals surface area contributed by atoms with Gasteiger partial charge in [-0.2, -0.15) is 0 Å². The first-order valence-corrected chi connectivity index (χ1v) is 9.49. The Morgan fingerprint density at radius 2 is 1.93 bits per heavy atom. The van der Waals surface area contributed by atoms with Crippen molar-refractivity contribution in [2.24, 2.45) is 0 Å². The van der Waals surface area contributed by atoms with Crippen molar-refractivity contribution in [3.05, 3.63) is 59.2 Å². The molecule has 3 rings (SSSR count). The molecule has 0 spiro atoms. The maximum Gasteiger partial charge on any atom is 0.335 e. The number of carbonyl (C=O) groups is 2. The molecule has 2 aromatic rings. The van der Waals surface area contributed by atoms with Gasteiger partial charge in [-0.1, -0.05) is 18.2 Å². The zero-order valence-electron chi connectivity index (χ0n) is 15.9. The number of hydrogen-bond donors (Lipinski definition) is 2. The monoisotopic (exact) mass is 383 g/mol. The van der Waals surface area contributed by atoms with E-state index in [1.54, 1.807) is 24.3 Å². The van der Waals surface area contributed by atoms with Crippen LogP contribution < -0.4 is 10.1 Å². The average molecular weight is 383 g/mol. The van der Waals surface area contributed by atoms with E-state index in [1.807, 2.05) is 25.1 Å². The Labute approximate surface area is 164 Å². The predicted octanol–water partition coefficient (Wildman–Crippen LogP) is 3.82. The molecule has 0 atom stereocenters. The summed E-state index contributed by atoms with van der Waals surface area (Å²) < 4.78 is 11.4. The Morgan fingerprint density at radius 3 is 2.64 bits per heavy atom. The van der Waals surface area contributed by atoms with Crippen LogP contribution in [0, 0.1) is 6.92 Å². The first kappa shape index (κ1) is 19.9. The van der Waals surface area contributed by atoms with Gasteiger partial charge < -0.3 is 19.9 Å². The molecule has 1 heterocycles. The van der Waals surface area contributed by atoms with Crippen LogP contribution in [-0.4, -0.2) is 36.3 Å². The molecule has 1 aliphatic rings. The number of benzene rings is 2. The lowest BCUT2D eigenvalue weighted by molar-refractivity contribution is -0.116. The quantitative estimate of drug-likeness (QED) is 0.759. The van der Waals surface area contributed by atoms with E-state index in [2.05, 4.69) is 5.32 Å². The number of hydrogen-bond acceptors (Lipinski definition) is 4. The van der Waals surface area contributed by atoms with Gasteiger partial charge in [-0.05, 0) is 48.7 Å². The van der Waals surface area contributed by atoms with Gasteiger partial charge in [0.15, 0.2) is 0 Å². The van der Waals surface area contributed by atoms with Crippen molar-refractivity contribution < 1.29 is 24.2 Å². The summed E-state index contributed by atoms with van der Waals surface area (Å²) >= 11 is 0. The van der Waals surface area contributed by atoms with E-state index in [4.69, 9.17) is 9.47 Å². The summed E-state index contributed by atoms with van der Waals surface area (Å²) in [5.41, 5.74) is 2.55. The molecule has 148 valence electrons. The summed E-state index contributed by atoms with van der Waals surface area (Å²) in [4.78, 5) is 23.5. The number of nitrogens with one attached hydrogen (secondary N) is 1. The van der Waals surface area contributed by atoms with Gasteiger partial charge in [0.25, 0.3) is 0 Å². The summed E-state index contributed by atoms with van der Waals surface area (Å²) in [6.07, 6.45) is 2.52. The number of amides is 1. The minimum Gasteiger partial charge on any atom is -0.490 e. The first-order chi connectivity index (χ1) is 13.5. The van der Waals surface area contributed by atoms with Gasteiger partial charge in [0, 0.05) is 24.9 Å². The molecule has 28 heavy (non-hydrogen) atoms. The van der Waals surface area contributed by atoms with E-state index in [0.29, 0.717) is 17.7 Å². The Balaban J connectivity index is 1.55. The number of carboxylic acids is 1. The van der Waals surface area contributed by atoms with E-state index >= 15 is 0 Å². The molecule has 0 saturated carbocycles. The maximum atomic E-state index is 12.3. The van der Waals surface area contributed by atoms with Crippen LogP contribution in [0.15, 0.2) is 42.5 Å². The number of rotatable bonds is 7. The molecule has 0 aliphatic carbocycles. The topological polar surface area (TPSA) is 84.9 Å². The summed E-state index contributed by atoms with van der Waals surface area (Å²) in [7, 11) is 0. The van der Waals surface area contributed by atoms with Crippen molar-refractivity contribution in [1.82, 2.24) is 0 Å². The molecule has 0 unspecified atom stereocenters. The van der Waals surface area contributed by atoms with Crippen molar-refractivity contribution in [2.75, 3.05) is 18.5 Å². The van der Waals surface area contributed by atoms with Crippen molar-refractivity contribution in [1.29, 1.82) is 0 Å². The summed E-state index contributed by atoms with van der Waals surface area (Å²) in [6.45, 7) is 3.40. The number of carboxylic acid groups (broad SMARTS) is 1. The van der Waals surface area contributed by atoms with Crippen LogP contribution in [0.1, 0.15) is 40.7 Å². The largest absolute Gasteiger partial charge is 0.490 e. The summed E-state index contributed by atoms with van der Waals surface area (Å²) in [6, 6.07) is 12.3. The number of aromatic carboxylic acids is 1. The highest BCUT2D eigenvalue weighted by molar-refractivity contribution is 5.92. The van der Waals surface area contributed by atoms with Crippen LogP contribution in [0.5, 0.6) is 5.75 Å². The highest BCUT2D eigenvalue weighted by Crippen LogP contribution is 2.25. The lowest BCUT2D eigenvalue weighted by atomic mass is 10.0. The molecule has 1 fully saturated rings. The second-order valence-corrected chi connectivity index (χ2v) is 6.92. The zero-order chi connectivity index (χ0) is 19.9. The molecule has 1 saturated heterocycles. The second-order valence-electron chi connectivity index (χ2n) is 6.92. The summed E-state index contributed by atoms with van der Waals surface area (Å²) in [5, 5.41) is 12.1. The van der Waals surface area contributed by atoms with Gasteiger partial charge in [-0.15, -0.1) is 0 Å². The molecule has 1 aliphatic heterocycles. The SMILES string of the molecule is Cc1cc(NC(=O)CCc2ccccc2C(=O)O)ccc1OC1CCOCC1. The molecule has 2 N–H and O–H groups in total. The molecular weight excluding hydrogens is 358 g/mol. The Bertz CT molecular complexity index is 843. The van der Waals surface area contributed by atoms with Gasteiger partial charge in [-0.25, -0.2) is 4.79 Å². The highest BCUT2D eigenvalue weighted by atomic mass is 16.5. The highest BCUT2D eigenvalue weighted by Gasteiger charge is 2.16. The molecular formula is C22H25NO5. The standard InChI is InChI=1S/C22H25NO5/c1-15-14-17(7-8-20(15)28-18-10-12-27-13-11-18)23-21(24)9-6-16-4-2-3-5-19(16)22(25)26/h2-5,7-8,14,18H,6,9-13H2,1H3,(H,23,24)(H,25,26). The number of ether oxygens (including phenoxy) is 2. The third-order valence-electron chi connectivity index (χ3n) is 4.79. The van der Waals surface area contributed by atoms with Crippen molar-refractivity contribution >= 4 is 17.6 Å². The van der Waals surface area contributed by atoms with E-state index in [1.165, 1.54) is 0 Å². The number of anilines is 1. The Kier molecular flexibility index (Phi) is 6.66. The second kappa shape index (κ2) is 9.37. The fourth-order valence-electron chi connectivity index (χ4n) is 3.25. The first-order valence-electron chi connectivity index (χ1n) is 9.49. The molecule has 6 nitrogen and oxygen atoms in total. The molecule has 6 heteroatoms. The van der Waals surface area contributed by atoms with E-state index < -0.39 is 5.97 Å². The van der Waals surface area contributed by atoms with E-state index in [9.17, 15) is 14.7 Å². The van der Waals surface area contributed by atoms with Crippen LogP contribution in [0.3, 0.4) is 0 Å². The van der Waals surface area contributed by atoms with Crippen molar-refractivity contribution in [3.8, 4) is 5.75 Å². The minimum absolute atomic E-state index is 0.155. The van der Waals surface area contributed by atoms with E-state index in [-0.39, 0.29) is 24.0 Å². The fraction of sp³-hybridized carbons (Fsp3) is 0.364. The van der Waals surface area contributed by atoms with Gasteiger partial charge in [0.05, 0.1) is 18.8 Å². The van der Waals surface area contributed by atoms with Gasteiger partial charge >= 0.3 is 5.97 Å². The molecule has 2 aromatic carbocycles. The lowest BCUT2D eigenvalue weighted by Crippen LogP contribution is -2.26. The van der Waals surface area contributed by atoms with Crippen LogP contribution in [-0.2, 0) is 16.0 Å². The molecule has 0 radical (unpaired) electrons. The number of aryl methyl sites for hydroxylation is 2. The van der Waals surface area contributed by atoms with Crippen LogP contribution in [0.4, 0.5) is 5.69 Å². The molecule has 1 amide bonds. The van der Waals surface area contributed by atoms with Crippen LogP contribution in [0.25, 0.3) is 0 Å². The smallest absolute Gasteiger partial charge is 0.335 e. The normalized spacial score (nSPS) is 14.5. The summed E-state index contributed by atoms with van der Waals surface area (Å²) in [5.74, 6) is -0.315. The minimum atomic E-state index is -0.980. The van der Waals surface area contributed by atoms with Crippen LogP contribution >= 0.6 is 0 Å². The van der Waals surface area contributed by atoms with Crippen molar-refractivity contribution in [2.45, 2.75) is 38.7 Å². The molecule has 0 bridgehead atoms. The van der Waals surface area contributed by atoms with Gasteiger partial charge in [0.1, 0.15) is 11.9 Å². The van der Waals surface area contributed by atoms with Crippen molar-refractivity contribution in [3.63, 3.8) is 0 Å². The number of carbonyl (C=O) groups excluding carboxylic acids is 1. The maximum absolute atomic E-state index is 12.3. The molecule has 0 aromatic heterocycles. The average Bonchev–Trinajstić information content (AvgIpc) is 2.69. The Morgan fingerprint density at radius 1 is 1.18 bits per heavy atom.